The summed E-state index contributed by atoms with van der Waals surface area (Å²) < 4.78 is 24.6. The van der Waals surface area contributed by atoms with Crippen LogP contribution in [0.3, 0.4) is 0 Å². The van der Waals surface area contributed by atoms with Crippen LogP contribution in [0.1, 0.15) is 36.3 Å². The summed E-state index contributed by atoms with van der Waals surface area (Å²) in [5.74, 6) is 0.911. The Labute approximate surface area is 220 Å². The van der Waals surface area contributed by atoms with Crippen molar-refractivity contribution in [1.82, 2.24) is 9.80 Å². The van der Waals surface area contributed by atoms with Gasteiger partial charge in [0, 0.05) is 23.7 Å². The maximum absolute atomic E-state index is 13.7. The molecule has 1 aliphatic heterocycles. The van der Waals surface area contributed by atoms with Crippen molar-refractivity contribution >= 4 is 29.0 Å². The molecular weight excluding hydrogens is 493 g/mol. The van der Waals surface area contributed by atoms with Crippen LogP contribution in [0.5, 0.6) is 11.5 Å². The molecule has 0 fully saturated rings. The normalized spacial score (nSPS) is 12.8. The van der Waals surface area contributed by atoms with E-state index in [2.05, 4.69) is 5.32 Å². The number of halogens is 1. The van der Waals surface area contributed by atoms with Gasteiger partial charge in [-0.05, 0) is 65.7 Å². The molecule has 7 nitrogen and oxygen atoms in total. The van der Waals surface area contributed by atoms with Gasteiger partial charge in [-0.25, -0.2) is 9.18 Å². The van der Waals surface area contributed by atoms with E-state index in [0.717, 1.165) is 22.4 Å². The molecule has 0 saturated carbocycles. The average Bonchev–Trinajstić information content (AvgIpc) is 3.51. The van der Waals surface area contributed by atoms with Gasteiger partial charge in [0.15, 0.2) is 11.5 Å². The molecular formula is C28H32FN3O4S. The van der Waals surface area contributed by atoms with E-state index in [0.29, 0.717) is 36.8 Å². The molecule has 1 atom stereocenters. The first-order valence-corrected chi connectivity index (χ1v) is 13.2. The molecule has 1 N–H and O–H groups in total. The molecule has 1 aromatic heterocycles. The van der Waals surface area contributed by atoms with Gasteiger partial charge in [-0.15, -0.1) is 11.3 Å². The molecule has 4 rings (SSSR count). The number of carbonyl (C=O) groups excluding carboxylic acids is 2. The van der Waals surface area contributed by atoms with Crippen molar-refractivity contribution in [2.24, 2.45) is 5.92 Å². The van der Waals surface area contributed by atoms with E-state index >= 15 is 0 Å². The first-order chi connectivity index (χ1) is 17.8. The zero-order valence-corrected chi connectivity index (χ0v) is 22.1. The lowest BCUT2D eigenvalue weighted by atomic mass is 10.1. The highest BCUT2D eigenvalue weighted by molar-refractivity contribution is 7.10. The van der Waals surface area contributed by atoms with Gasteiger partial charge in [-0.3, -0.25) is 4.79 Å². The number of ether oxygens (including phenoxy) is 2. The van der Waals surface area contributed by atoms with Crippen LogP contribution in [0.2, 0.25) is 0 Å². The van der Waals surface area contributed by atoms with Gasteiger partial charge < -0.3 is 24.6 Å². The van der Waals surface area contributed by atoms with Gasteiger partial charge in [0.25, 0.3) is 0 Å². The molecule has 0 spiro atoms. The summed E-state index contributed by atoms with van der Waals surface area (Å²) in [6.07, 6.45) is 0.854. The SMILES string of the molecule is CCC(C)CN(CC(=O)N(Cc1ccc2c(c1)OCO2)Cc1sccc1C)C(=O)Nc1cccc(F)c1. The van der Waals surface area contributed by atoms with Crippen LogP contribution in [-0.4, -0.2) is 41.6 Å². The monoisotopic (exact) mass is 525 g/mol. The number of urea groups is 1. The Morgan fingerprint density at radius 2 is 1.89 bits per heavy atom. The van der Waals surface area contributed by atoms with E-state index in [1.54, 1.807) is 22.3 Å². The minimum absolute atomic E-state index is 0.0968. The van der Waals surface area contributed by atoms with E-state index in [-0.39, 0.29) is 25.2 Å². The first-order valence-electron chi connectivity index (χ1n) is 12.3. The number of hydrogen-bond acceptors (Lipinski definition) is 5. The Morgan fingerprint density at radius 3 is 2.62 bits per heavy atom. The van der Waals surface area contributed by atoms with Crippen LogP contribution in [-0.2, 0) is 17.9 Å². The fourth-order valence-electron chi connectivity index (χ4n) is 3.99. The predicted octanol–water partition coefficient (Wildman–Crippen LogP) is 6.03. The summed E-state index contributed by atoms with van der Waals surface area (Å²) in [6, 6.07) is 13.0. The van der Waals surface area contributed by atoms with E-state index in [1.165, 1.54) is 23.1 Å². The topological polar surface area (TPSA) is 71.1 Å². The minimum atomic E-state index is -0.441. The molecule has 2 aromatic carbocycles. The summed E-state index contributed by atoms with van der Waals surface area (Å²) in [7, 11) is 0. The fraction of sp³-hybridized carbons (Fsp3) is 0.357. The number of benzene rings is 2. The van der Waals surface area contributed by atoms with Gasteiger partial charge >= 0.3 is 6.03 Å². The molecule has 3 aromatic rings. The van der Waals surface area contributed by atoms with E-state index < -0.39 is 11.8 Å². The maximum Gasteiger partial charge on any atom is 0.322 e. The van der Waals surface area contributed by atoms with Crippen LogP contribution in [0.4, 0.5) is 14.9 Å². The van der Waals surface area contributed by atoms with Crippen molar-refractivity contribution in [3.05, 3.63) is 75.7 Å². The highest BCUT2D eigenvalue weighted by atomic mass is 32.1. The van der Waals surface area contributed by atoms with Crippen molar-refractivity contribution in [2.75, 3.05) is 25.2 Å². The Kier molecular flexibility index (Phi) is 8.66. The highest BCUT2D eigenvalue weighted by Gasteiger charge is 2.25. The van der Waals surface area contributed by atoms with Crippen LogP contribution < -0.4 is 14.8 Å². The Hall–Kier alpha value is -3.59. The molecule has 3 amide bonds. The summed E-state index contributed by atoms with van der Waals surface area (Å²) in [5, 5.41) is 4.75. The molecule has 1 unspecified atom stereocenters. The molecule has 9 heteroatoms. The van der Waals surface area contributed by atoms with Crippen LogP contribution >= 0.6 is 11.3 Å². The van der Waals surface area contributed by atoms with Crippen LogP contribution in [0, 0.1) is 18.7 Å². The third-order valence-corrected chi connectivity index (χ3v) is 7.39. The second-order valence-electron chi connectivity index (χ2n) is 9.30. The number of aryl methyl sites for hydroxylation is 1. The van der Waals surface area contributed by atoms with Crippen molar-refractivity contribution in [1.29, 1.82) is 0 Å². The zero-order chi connectivity index (χ0) is 26.4. The average molecular weight is 526 g/mol. The summed E-state index contributed by atoms with van der Waals surface area (Å²) in [5.41, 5.74) is 2.37. The lowest BCUT2D eigenvalue weighted by molar-refractivity contribution is -0.133. The predicted molar refractivity (Wildman–Crippen MR) is 142 cm³/mol. The van der Waals surface area contributed by atoms with Crippen molar-refractivity contribution in [3.8, 4) is 11.5 Å². The minimum Gasteiger partial charge on any atom is -0.454 e. The number of anilines is 1. The second-order valence-corrected chi connectivity index (χ2v) is 10.3. The lowest BCUT2D eigenvalue weighted by Crippen LogP contribution is -2.45. The van der Waals surface area contributed by atoms with Gasteiger partial charge in [-0.1, -0.05) is 32.4 Å². The van der Waals surface area contributed by atoms with Crippen LogP contribution in [0.25, 0.3) is 0 Å². The Balaban J connectivity index is 1.54. The molecule has 0 aliphatic carbocycles. The van der Waals surface area contributed by atoms with E-state index in [1.807, 2.05) is 50.4 Å². The summed E-state index contributed by atoms with van der Waals surface area (Å²) in [6.45, 7) is 7.37. The molecule has 0 saturated heterocycles. The third kappa shape index (κ3) is 7.01. The van der Waals surface area contributed by atoms with Crippen molar-refractivity contribution < 1.29 is 23.5 Å². The van der Waals surface area contributed by atoms with Crippen molar-refractivity contribution in [2.45, 2.75) is 40.3 Å². The van der Waals surface area contributed by atoms with Crippen LogP contribution in [0.15, 0.2) is 53.9 Å². The van der Waals surface area contributed by atoms with Gasteiger partial charge in [0.1, 0.15) is 12.4 Å². The standard InChI is InChI=1S/C28H32FN3O4S/c1-4-19(2)14-32(28(34)30-23-7-5-6-22(29)13-23)17-27(33)31(16-26-20(3)10-11-37-26)15-21-8-9-24-25(12-21)36-18-35-24/h5-13,19H,4,14-18H2,1-3H3,(H,30,34). The largest absolute Gasteiger partial charge is 0.454 e. The van der Waals surface area contributed by atoms with Gasteiger partial charge in [0.05, 0.1) is 6.54 Å². The molecule has 196 valence electrons. The molecule has 37 heavy (non-hydrogen) atoms. The quantitative estimate of drug-likeness (QED) is 0.351. The molecule has 1 aliphatic rings. The summed E-state index contributed by atoms with van der Waals surface area (Å²) >= 11 is 1.60. The molecule has 0 radical (unpaired) electrons. The smallest absolute Gasteiger partial charge is 0.322 e. The zero-order valence-electron chi connectivity index (χ0n) is 21.3. The van der Waals surface area contributed by atoms with E-state index in [4.69, 9.17) is 9.47 Å². The lowest BCUT2D eigenvalue weighted by Gasteiger charge is -2.29. The number of nitrogens with one attached hydrogen (secondary N) is 1. The number of nitrogens with zero attached hydrogens (tertiary/aromatic N) is 2. The molecule has 2 heterocycles. The Bertz CT molecular complexity index is 1250. The number of hydrogen-bond donors (Lipinski definition) is 1. The fourth-order valence-corrected chi connectivity index (χ4v) is 4.91. The number of rotatable bonds is 10. The maximum atomic E-state index is 13.7. The third-order valence-electron chi connectivity index (χ3n) is 6.38. The number of carbonyl (C=O) groups is 2. The number of fused-ring (bicyclic) bond motifs is 1. The number of amides is 3. The summed E-state index contributed by atoms with van der Waals surface area (Å²) in [4.78, 5) is 31.2. The molecule has 0 bridgehead atoms. The van der Waals surface area contributed by atoms with E-state index in [9.17, 15) is 14.0 Å². The van der Waals surface area contributed by atoms with Gasteiger partial charge in [0.2, 0.25) is 12.7 Å². The number of thiophene rings is 1. The Morgan fingerprint density at radius 1 is 1.08 bits per heavy atom. The highest BCUT2D eigenvalue weighted by Crippen LogP contribution is 2.33. The first kappa shape index (κ1) is 26.5. The second kappa shape index (κ2) is 12.1. The van der Waals surface area contributed by atoms with Gasteiger partial charge in [-0.2, -0.15) is 0 Å². The van der Waals surface area contributed by atoms with Crippen molar-refractivity contribution in [3.63, 3.8) is 0 Å².